The number of thiophene rings is 2. The molecule has 0 N–H and O–H groups in total. The minimum absolute atomic E-state index is 1.13. The molecule has 2 aromatic heterocycles. The SMILES string of the molecule is c1ccc(-c2ccccc2N(c2ccc(-c3cccc4c3sc3ccccc34)cc2)c2cccc3c2sc2c4ccccc4ccc32)cc1. The van der Waals surface area contributed by atoms with Gasteiger partial charge in [0.05, 0.1) is 16.1 Å². The van der Waals surface area contributed by atoms with E-state index in [1.807, 2.05) is 22.7 Å². The molecule has 0 radical (unpaired) electrons. The summed E-state index contributed by atoms with van der Waals surface area (Å²) >= 11 is 3.78. The molecule has 230 valence electrons. The second-order valence-corrected chi connectivity index (χ2v) is 14.5. The van der Waals surface area contributed by atoms with Gasteiger partial charge in [0.1, 0.15) is 0 Å². The van der Waals surface area contributed by atoms with E-state index >= 15 is 0 Å². The molecule has 0 fully saturated rings. The van der Waals surface area contributed by atoms with Crippen molar-refractivity contribution in [2.75, 3.05) is 4.90 Å². The lowest BCUT2D eigenvalue weighted by molar-refractivity contribution is 1.30. The van der Waals surface area contributed by atoms with Crippen molar-refractivity contribution in [1.29, 1.82) is 0 Å². The van der Waals surface area contributed by atoms with Gasteiger partial charge in [-0.3, -0.25) is 0 Å². The average Bonchev–Trinajstić information content (AvgIpc) is 3.75. The highest BCUT2D eigenvalue weighted by molar-refractivity contribution is 7.27. The van der Waals surface area contributed by atoms with Crippen LogP contribution in [0.1, 0.15) is 0 Å². The van der Waals surface area contributed by atoms with Gasteiger partial charge in [-0.25, -0.2) is 0 Å². The summed E-state index contributed by atoms with van der Waals surface area (Å²) in [6.07, 6.45) is 0. The van der Waals surface area contributed by atoms with Gasteiger partial charge in [-0.15, -0.1) is 22.7 Å². The van der Waals surface area contributed by atoms with Gasteiger partial charge < -0.3 is 4.90 Å². The number of benzene rings is 8. The lowest BCUT2D eigenvalue weighted by Gasteiger charge is -2.28. The van der Waals surface area contributed by atoms with E-state index in [0.717, 1.165) is 11.4 Å². The van der Waals surface area contributed by atoms with Crippen LogP contribution < -0.4 is 4.90 Å². The molecule has 10 aromatic rings. The second-order valence-electron chi connectivity index (χ2n) is 12.5. The van der Waals surface area contributed by atoms with Crippen molar-refractivity contribution in [3.8, 4) is 22.3 Å². The standard InChI is InChI=1S/C46H29NS2/c1-2-12-30(13-3-1)34-15-6-8-21-41(34)47(42-22-11-20-39-40-29-26-31-14-4-5-16-35(31)45(40)49-46(39)42)33-27-24-32(25-28-33)36-18-10-19-38-37-17-7-9-23-43(37)48-44(36)38/h1-29H. The molecule has 49 heavy (non-hydrogen) atoms. The first-order valence-corrected chi connectivity index (χ1v) is 18.2. The molecule has 0 bridgehead atoms. The largest absolute Gasteiger partial charge is 0.308 e. The molecule has 0 aliphatic rings. The minimum atomic E-state index is 1.13. The molecule has 1 nitrogen and oxygen atoms in total. The Labute approximate surface area is 292 Å². The Balaban J connectivity index is 1.20. The first-order valence-electron chi connectivity index (χ1n) is 16.6. The van der Waals surface area contributed by atoms with Crippen LogP contribution in [0.3, 0.4) is 0 Å². The Morgan fingerprint density at radius 1 is 0.327 bits per heavy atom. The molecule has 0 aliphatic heterocycles. The van der Waals surface area contributed by atoms with Crippen LogP contribution in [0.15, 0.2) is 176 Å². The molecule has 8 aromatic carbocycles. The number of anilines is 3. The van der Waals surface area contributed by atoms with Crippen LogP contribution in [0, 0.1) is 0 Å². The normalized spacial score (nSPS) is 11.7. The Hall–Kier alpha value is -5.74. The molecule has 10 rings (SSSR count). The molecule has 2 heterocycles. The van der Waals surface area contributed by atoms with E-state index in [1.165, 1.54) is 79.1 Å². The summed E-state index contributed by atoms with van der Waals surface area (Å²) < 4.78 is 5.29. The Kier molecular flexibility index (Phi) is 6.61. The van der Waals surface area contributed by atoms with Crippen LogP contribution >= 0.6 is 22.7 Å². The molecule has 0 atom stereocenters. The summed E-state index contributed by atoms with van der Waals surface area (Å²) in [5, 5.41) is 7.84. The maximum atomic E-state index is 2.46. The molecule has 0 unspecified atom stereocenters. The maximum absolute atomic E-state index is 2.46. The quantitative estimate of drug-likeness (QED) is 0.178. The third-order valence-electron chi connectivity index (χ3n) is 9.68. The summed E-state index contributed by atoms with van der Waals surface area (Å²) in [5.74, 6) is 0. The van der Waals surface area contributed by atoms with Gasteiger partial charge in [-0.2, -0.15) is 0 Å². The lowest BCUT2D eigenvalue weighted by Crippen LogP contribution is -2.11. The van der Waals surface area contributed by atoms with Crippen molar-refractivity contribution >= 4 is 90.9 Å². The van der Waals surface area contributed by atoms with E-state index in [2.05, 4.69) is 181 Å². The predicted molar refractivity (Wildman–Crippen MR) is 215 cm³/mol. The van der Waals surface area contributed by atoms with E-state index in [9.17, 15) is 0 Å². The summed E-state index contributed by atoms with van der Waals surface area (Å²) in [7, 11) is 0. The lowest BCUT2D eigenvalue weighted by atomic mass is 10.00. The minimum Gasteiger partial charge on any atom is -0.308 e. The van der Waals surface area contributed by atoms with Crippen molar-refractivity contribution in [3.05, 3.63) is 176 Å². The highest BCUT2D eigenvalue weighted by Gasteiger charge is 2.21. The average molecular weight is 660 g/mol. The molecule has 0 spiro atoms. The number of para-hydroxylation sites is 1. The fourth-order valence-electron chi connectivity index (χ4n) is 7.39. The first kappa shape index (κ1) is 28.3. The molecule has 0 saturated heterocycles. The number of fused-ring (bicyclic) bond motifs is 8. The molecule has 0 aliphatic carbocycles. The van der Waals surface area contributed by atoms with E-state index in [-0.39, 0.29) is 0 Å². The molecule has 0 amide bonds. The third kappa shape index (κ3) is 4.58. The predicted octanol–water partition coefficient (Wildman–Crippen LogP) is 14.4. The highest BCUT2D eigenvalue weighted by Crippen LogP contribution is 2.49. The highest BCUT2D eigenvalue weighted by atomic mass is 32.1. The van der Waals surface area contributed by atoms with E-state index in [1.54, 1.807) is 0 Å². The topological polar surface area (TPSA) is 3.24 Å². The van der Waals surface area contributed by atoms with E-state index in [4.69, 9.17) is 0 Å². The Bertz CT molecular complexity index is 2830. The maximum Gasteiger partial charge on any atom is 0.0640 e. The molecular formula is C46H29NS2. The van der Waals surface area contributed by atoms with Crippen LogP contribution in [0.25, 0.3) is 73.4 Å². The van der Waals surface area contributed by atoms with Gasteiger partial charge >= 0.3 is 0 Å². The van der Waals surface area contributed by atoms with Crippen molar-refractivity contribution in [3.63, 3.8) is 0 Å². The van der Waals surface area contributed by atoms with E-state index in [0.29, 0.717) is 0 Å². The molecular weight excluding hydrogens is 631 g/mol. The monoisotopic (exact) mass is 659 g/mol. The van der Waals surface area contributed by atoms with Gasteiger partial charge in [0.2, 0.25) is 0 Å². The van der Waals surface area contributed by atoms with Crippen LogP contribution in [0.4, 0.5) is 17.1 Å². The van der Waals surface area contributed by atoms with Crippen LogP contribution in [-0.4, -0.2) is 0 Å². The summed E-state index contributed by atoms with van der Waals surface area (Å²) in [6, 6.07) is 64.3. The number of hydrogen-bond donors (Lipinski definition) is 0. The van der Waals surface area contributed by atoms with Gasteiger partial charge in [0.15, 0.2) is 0 Å². The number of rotatable bonds is 5. The second kappa shape index (κ2) is 11.5. The van der Waals surface area contributed by atoms with Crippen molar-refractivity contribution in [2.45, 2.75) is 0 Å². The summed E-state index contributed by atoms with van der Waals surface area (Å²) in [6.45, 7) is 0. The third-order valence-corrected chi connectivity index (χ3v) is 12.2. The smallest absolute Gasteiger partial charge is 0.0640 e. The summed E-state index contributed by atoms with van der Waals surface area (Å²) in [5.41, 5.74) is 8.37. The van der Waals surface area contributed by atoms with Gasteiger partial charge in [0.25, 0.3) is 0 Å². The van der Waals surface area contributed by atoms with Crippen molar-refractivity contribution < 1.29 is 0 Å². The number of hydrogen-bond acceptors (Lipinski definition) is 3. The van der Waals surface area contributed by atoms with Crippen LogP contribution in [0.2, 0.25) is 0 Å². The fourth-order valence-corrected chi connectivity index (χ4v) is 9.97. The molecule has 0 saturated carbocycles. The number of nitrogens with zero attached hydrogens (tertiary/aromatic N) is 1. The van der Waals surface area contributed by atoms with Crippen LogP contribution in [0.5, 0.6) is 0 Å². The zero-order valence-corrected chi connectivity index (χ0v) is 28.1. The Morgan fingerprint density at radius 3 is 1.82 bits per heavy atom. The molecule has 3 heteroatoms. The van der Waals surface area contributed by atoms with Crippen LogP contribution in [-0.2, 0) is 0 Å². The summed E-state index contributed by atoms with van der Waals surface area (Å²) in [4.78, 5) is 2.46. The zero-order chi connectivity index (χ0) is 32.3. The van der Waals surface area contributed by atoms with Crippen molar-refractivity contribution in [1.82, 2.24) is 0 Å². The first-order chi connectivity index (χ1) is 24.3. The van der Waals surface area contributed by atoms with Gasteiger partial charge in [-0.1, -0.05) is 146 Å². The zero-order valence-electron chi connectivity index (χ0n) is 26.5. The Morgan fingerprint density at radius 2 is 0.939 bits per heavy atom. The van der Waals surface area contributed by atoms with Gasteiger partial charge in [-0.05, 0) is 57.8 Å². The fraction of sp³-hybridized carbons (Fsp3) is 0. The van der Waals surface area contributed by atoms with Gasteiger partial charge in [0, 0.05) is 46.9 Å². The van der Waals surface area contributed by atoms with E-state index < -0.39 is 0 Å². The van der Waals surface area contributed by atoms with Crippen molar-refractivity contribution in [2.24, 2.45) is 0 Å².